The molecule has 0 bridgehead atoms. The molecule has 1 rings (SSSR count). The molecule has 0 unspecified atom stereocenters. The molecule has 0 aliphatic rings. The van der Waals surface area contributed by atoms with Crippen molar-refractivity contribution in [3.05, 3.63) is 21.0 Å². The summed E-state index contributed by atoms with van der Waals surface area (Å²) in [6.45, 7) is 0. The number of alkyl halides is 2. The molecule has 0 spiro atoms. The van der Waals surface area contributed by atoms with E-state index in [9.17, 15) is 8.78 Å². The molecule has 1 heterocycles. The van der Waals surface area contributed by atoms with E-state index in [0.29, 0.717) is 9.26 Å². The van der Waals surface area contributed by atoms with Crippen LogP contribution in [0.2, 0.25) is 0 Å². The normalized spacial score (nSPS) is 10.2. The Morgan fingerprint density at radius 1 is 1.64 bits per heavy atom. The van der Waals surface area contributed by atoms with Crippen LogP contribution in [0.5, 0.6) is 0 Å². The summed E-state index contributed by atoms with van der Waals surface area (Å²) in [7, 11) is 0. The Balaban J connectivity index is 3.22. The van der Waals surface area contributed by atoms with Crippen LogP contribution in [0, 0.1) is 14.9 Å². The van der Waals surface area contributed by atoms with Crippen LogP contribution in [0.4, 0.5) is 14.5 Å². The van der Waals surface area contributed by atoms with Crippen molar-refractivity contribution < 1.29 is 8.78 Å². The Hall–Kier alpha value is -0.970. The van der Waals surface area contributed by atoms with E-state index in [-0.39, 0.29) is 12.1 Å². The summed E-state index contributed by atoms with van der Waals surface area (Å²) in [4.78, 5) is 3.62. The third kappa shape index (κ3) is 2.29. The summed E-state index contributed by atoms with van der Waals surface area (Å²) in [5.74, 6) is 0. The maximum atomic E-state index is 12.4. The molecule has 0 saturated carbocycles. The van der Waals surface area contributed by atoms with Crippen LogP contribution in [0.15, 0.2) is 6.07 Å². The maximum absolute atomic E-state index is 12.4. The quantitative estimate of drug-likeness (QED) is 0.853. The SMILES string of the molecule is N#CCc1cc(I)c(N)c(C(F)F)n1. The lowest BCUT2D eigenvalue weighted by molar-refractivity contribution is 0.146. The number of nitriles is 1. The Labute approximate surface area is 93.1 Å². The highest BCUT2D eigenvalue weighted by Crippen LogP contribution is 2.27. The average molecular weight is 309 g/mol. The van der Waals surface area contributed by atoms with Crippen LogP contribution < -0.4 is 5.73 Å². The summed E-state index contributed by atoms with van der Waals surface area (Å²) in [6.07, 6.45) is -2.70. The van der Waals surface area contributed by atoms with E-state index in [0.717, 1.165) is 0 Å². The predicted molar refractivity (Wildman–Crippen MR) is 55.6 cm³/mol. The van der Waals surface area contributed by atoms with Gasteiger partial charge in [-0.1, -0.05) is 0 Å². The van der Waals surface area contributed by atoms with Crippen molar-refractivity contribution in [3.8, 4) is 6.07 Å². The second-order valence-electron chi connectivity index (χ2n) is 2.53. The van der Waals surface area contributed by atoms with Gasteiger partial charge in [0.2, 0.25) is 0 Å². The van der Waals surface area contributed by atoms with Crippen molar-refractivity contribution >= 4 is 28.3 Å². The molecule has 2 N–H and O–H groups in total. The molecular weight excluding hydrogens is 303 g/mol. The highest BCUT2D eigenvalue weighted by molar-refractivity contribution is 14.1. The molecule has 1 aromatic rings. The van der Waals surface area contributed by atoms with Gasteiger partial charge in [-0.15, -0.1) is 0 Å². The van der Waals surface area contributed by atoms with Gasteiger partial charge in [-0.05, 0) is 28.7 Å². The smallest absolute Gasteiger partial charge is 0.282 e. The number of pyridine rings is 1. The van der Waals surface area contributed by atoms with Gasteiger partial charge >= 0.3 is 0 Å². The van der Waals surface area contributed by atoms with Crippen molar-refractivity contribution in [2.75, 3.05) is 5.73 Å². The minimum absolute atomic E-state index is 0.00992. The molecule has 1 aromatic heterocycles. The van der Waals surface area contributed by atoms with Crippen LogP contribution in [-0.4, -0.2) is 4.98 Å². The number of halogens is 3. The van der Waals surface area contributed by atoms with Crippen LogP contribution in [0.3, 0.4) is 0 Å². The zero-order valence-electron chi connectivity index (χ0n) is 6.97. The van der Waals surface area contributed by atoms with Crippen molar-refractivity contribution in [1.29, 1.82) is 5.26 Å². The lowest BCUT2D eigenvalue weighted by atomic mass is 10.2. The molecule has 0 fully saturated rings. The predicted octanol–water partition coefficient (Wildman–Crippen LogP) is 2.27. The lowest BCUT2D eigenvalue weighted by Crippen LogP contribution is -2.04. The van der Waals surface area contributed by atoms with Gasteiger partial charge in [-0.2, -0.15) is 5.26 Å². The van der Waals surface area contributed by atoms with E-state index in [1.165, 1.54) is 6.07 Å². The molecule has 6 heteroatoms. The van der Waals surface area contributed by atoms with Crippen molar-refractivity contribution in [2.24, 2.45) is 0 Å². The number of nitrogens with zero attached hydrogens (tertiary/aromatic N) is 2. The highest BCUT2D eigenvalue weighted by Gasteiger charge is 2.16. The summed E-state index contributed by atoms with van der Waals surface area (Å²) >= 11 is 1.84. The largest absolute Gasteiger partial charge is 0.396 e. The van der Waals surface area contributed by atoms with Crippen LogP contribution in [0.1, 0.15) is 17.8 Å². The number of rotatable bonds is 2. The monoisotopic (exact) mass is 309 g/mol. The molecular formula is C8H6F2IN3. The van der Waals surface area contributed by atoms with Gasteiger partial charge in [0.15, 0.2) is 0 Å². The third-order valence-corrected chi connectivity index (χ3v) is 2.45. The molecule has 0 atom stereocenters. The van der Waals surface area contributed by atoms with E-state index in [1.54, 1.807) is 0 Å². The summed E-state index contributed by atoms with van der Waals surface area (Å²) in [5, 5.41) is 8.40. The van der Waals surface area contributed by atoms with Gasteiger partial charge in [0.05, 0.1) is 23.9 Å². The van der Waals surface area contributed by atoms with Gasteiger partial charge in [-0.25, -0.2) is 13.8 Å². The molecule has 0 saturated heterocycles. The van der Waals surface area contributed by atoms with Gasteiger partial charge in [0.25, 0.3) is 6.43 Å². The first-order chi connectivity index (χ1) is 6.56. The zero-order chi connectivity index (χ0) is 10.7. The van der Waals surface area contributed by atoms with Gasteiger partial charge in [0.1, 0.15) is 5.69 Å². The first-order valence-electron chi connectivity index (χ1n) is 3.66. The number of anilines is 1. The Morgan fingerprint density at radius 3 is 2.79 bits per heavy atom. The number of aromatic nitrogens is 1. The molecule has 0 aliphatic heterocycles. The fraction of sp³-hybridized carbons (Fsp3) is 0.250. The second kappa shape index (κ2) is 4.50. The molecule has 0 radical (unpaired) electrons. The Bertz CT molecular complexity index is 387. The Morgan fingerprint density at radius 2 is 2.29 bits per heavy atom. The molecule has 14 heavy (non-hydrogen) atoms. The molecule has 3 nitrogen and oxygen atoms in total. The van der Waals surface area contributed by atoms with Crippen molar-refractivity contribution in [2.45, 2.75) is 12.8 Å². The number of hydrogen-bond donors (Lipinski definition) is 1. The molecule has 0 aliphatic carbocycles. The van der Waals surface area contributed by atoms with E-state index in [1.807, 2.05) is 28.7 Å². The topological polar surface area (TPSA) is 62.7 Å². The summed E-state index contributed by atoms with van der Waals surface area (Å²) in [5.41, 5.74) is 5.28. The number of nitrogen functional groups attached to an aromatic ring is 1. The van der Waals surface area contributed by atoms with Gasteiger partial charge in [0, 0.05) is 3.57 Å². The van der Waals surface area contributed by atoms with Crippen molar-refractivity contribution in [3.63, 3.8) is 0 Å². The summed E-state index contributed by atoms with van der Waals surface area (Å²) < 4.78 is 25.3. The van der Waals surface area contributed by atoms with Crippen LogP contribution in [0.25, 0.3) is 0 Å². The first-order valence-corrected chi connectivity index (χ1v) is 4.74. The van der Waals surface area contributed by atoms with E-state index in [2.05, 4.69) is 4.98 Å². The standard InChI is InChI=1S/C8H6F2IN3/c9-8(10)7-6(13)5(11)3-4(14-7)1-2-12/h3,8H,1,13H2. The maximum Gasteiger partial charge on any atom is 0.282 e. The van der Waals surface area contributed by atoms with Crippen molar-refractivity contribution in [1.82, 2.24) is 4.98 Å². The molecule has 74 valence electrons. The second-order valence-corrected chi connectivity index (χ2v) is 3.69. The third-order valence-electron chi connectivity index (χ3n) is 1.56. The fourth-order valence-electron chi connectivity index (χ4n) is 0.931. The zero-order valence-corrected chi connectivity index (χ0v) is 9.12. The Kier molecular flexibility index (Phi) is 3.57. The minimum atomic E-state index is -2.71. The molecule has 0 amide bonds. The van der Waals surface area contributed by atoms with E-state index >= 15 is 0 Å². The molecule has 0 aromatic carbocycles. The minimum Gasteiger partial charge on any atom is -0.396 e. The summed E-state index contributed by atoms with van der Waals surface area (Å²) in [6, 6.07) is 3.38. The number of nitrogens with two attached hydrogens (primary N) is 1. The van der Waals surface area contributed by atoms with Gasteiger partial charge < -0.3 is 5.73 Å². The average Bonchev–Trinajstić information content (AvgIpc) is 2.11. The number of hydrogen-bond acceptors (Lipinski definition) is 3. The van der Waals surface area contributed by atoms with E-state index < -0.39 is 12.1 Å². The highest BCUT2D eigenvalue weighted by atomic mass is 127. The first kappa shape index (κ1) is 11.1. The van der Waals surface area contributed by atoms with Gasteiger partial charge in [-0.3, -0.25) is 0 Å². The lowest BCUT2D eigenvalue weighted by Gasteiger charge is -2.07. The van der Waals surface area contributed by atoms with E-state index in [4.69, 9.17) is 11.0 Å². The van der Waals surface area contributed by atoms with Crippen LogP contribution in [-0.2, 0) is 6.42 Å². The fourth-order valence-corrected chi connectivity index (χ4v) is 1.57. The van der Waals surface area contributed by atoms with Crippen LogP contribution >= 0.6 is 22.6 Å².